The molecule has 3 nitrogen and oxygen atoms in total. The zero-order valence-electron chi connectivity index (χ0n) is 9.55. The second-order valence-electron chi connectivity index (χ2n) is 3.29. The summed E-state index contributed by atoms with van der Waals surface area (Å²) in [4.78, 5) is 23.4. The quantitative estimate of drug-likeness (QED) is 0.488. The predicted octanol–water partition coefficient (Wildman–Crippen LogP) is 2.33. The van der Waals surface area contributed by atoms with Gasteiger partial charge < -0.3 is 4.74 Å². The van der Waals surface area contributed by atoms with Crippen LogP contribution >= 0.6 is 0 Å². The minimum absolute atomic E-state index is 0.0130. The van der Waals surface area contributed by atoms with E-state index in [9.17, 15) is 9.59 Å². The monoisotopic (exact) mass is 200 g/mol. The van der Waals surface area contributed by atoms with Gasteiger partial charge in [0.05, 0.1) is 6.61 Å². The summed E-state index contributed by atoms with van der Waals surface area (Å²) in [7, 11) is 0. The molecule has 3 heteroatoms. The van der Waals surface area contributed by atoms with Gasteiger partial charge in [0.25, 0.3) is 0 Å². The van der Waals surface area contributed by atoms with Crippen molar-refractivity contribution in [3.8, 4) is 0 Å². The normalized spacial score (nSPS) is 11.1. The Balaban J connectivity index is 4.86. The number of hydrogen-bond acceptors (Lipinski definition) is 3. The molecule has 0 aromatic rings. The van der Waals surface area contributed by atoms with E-state index >= 15 is 0 Å². The standard InChI is InChI=1S/C11H20O3/c1-5-9(12)11(6-2,7-3)10(13)14-8-4/h5-8H2,1-4H3. The smallest absolute Gasteiger partial charge is 0.319 e. The van der Waals surface area contributed by atoms with Gasteiger partial charge in [0.2, 0.25) is 0 Å². The highest BCUT2D eigenvalue weighted by Crippen LogP contribution is 2.30. The summed E-state index contributed by atoms with van der Waals surface area (Å²) < 4.78 is 4.95. The van der Waals surface area contributed by atoms with Crippen molar-refractivity contribution in [1.29, 1.82) is 0 Å². The minimum atomic E-state index is -0.898. The van der Waals surface area contributed by atoms with Crippen LogP contribution in [0, 0.1) is 5.41 Å². The molecular weight excluding hydrogens is 180 g/mol. The van der Waals surface area contributed by atoms with Crippen molar-refractivity contribution >= 4 is 11.8 Å². The molecule has 0 aromatic carbocycles. The van der Waals surface area contributed by atoms with Gasteiger partial charge in [0.15, 0.2) is 0 Å². The van der Waals surface area contributed by atoms with Crippen LogP contribution in [0.4, 0.5) is 0 Å². The zero-order chi connectivity index (χ0) is 11.2. The number of ether oxygens (including phenoxy) is 1. The topological polar surface area (TPSA) is 43.4 Å². The molecule has 0 amide bonds. The van der Waals surface area contributed by atoms with E-state index in [0.717, 1.165) is 0 Å². The highest BCUT2D eigenvalue weighted by molar-refractivity contribution is 6.03. The van der Waals surface area contributed by atoms with Crippen molar-refractivity contribution in [2.75, 3.05) is 6.61 Å². The molecule has 14 heavy (non-hydrogen) atoms. The van der Waals surface area contributed by atoms with Crippen LogP contribution in [0.15, 0.2) is 0 Å². The molecule has 0 unspecified atom stereocenters. The summed E-state index contributed by atoms with van der Waals surface area (Å²) in [5, 5.41) is 0. The van der Waals surface area contributed by atoms with Crippen LogP contribution in [0.5, 0.6) is 0 Å². The number of esters is 1. The summed E-state index contributed by atoms with van der Waals surface area (Å²) in [6.45, 7) is 7.57. The lowest BCUT2D eigenvalue weighted by Crippen LogP contribution is -2.39. The fraction of sp³-hybridized carbons (Fsp3) is 0.818. The van der Waals surface area contributed by atoms with Crippen molar-refractivity contribution in [3.05, 3.63) is 0 Å². The van der Waals surface area contributed by atoms with Crippen molar-refractivity contribution < 1.29 is 14.3 Å². The Morgan fingerprint density at radius 2 is 1.57 bits per heavy atom. The number of hydrogen-bond donors (Lipinski definition) is 0. The van der Waals surface area contributed by atoms with Gasteiger partial charge in [-0.05, 0) is 19.8 Å². The maximum absolute atomic E-state index is 11.7. The highest BCUT2D eigenvalue weighted by atomic mass is 16.5. The van der Waals surface area contributed by atoms with Crippen LogP contribution in [0.1, 0.15) is 47.0 Å². The molecule has 0 N–H and O–H groups in total. The molecule has 0 aliphatic heterocycles. The minimum Gasteiger partial charge on any atom is -0.465 e. The van der Waals surface area contributed by atoms with E-state index in [1.54, 1.807) is 13.8 Å². The Kier molecular flexibility index (Phi) is 5.43. The zero-order valence-corrected chi connectivity index (χ0v) is 9.55. The third-order valence-electron chi connectivity index (χ3n) is 2.73. The predicted molar refractivity (Wildman–Crippen MR) is 54.9 cm³/mol. The van der Waals surface area contributed by atoms with Gasteiger partial charge in [0, 0.05) is 6.42 Å². The van der Waals surface area contributed by atoms with Gasteiger partial charge in [-0.15, -0.1) is 0 Å². The molecule has 0 spiro atoms. The second kappa shape index (κ2) is 5.78. The van der Waals surface area contributed by atoms with Crippen LogP contribution in [0.25, 0.3) is 0 Å². The number of rotatable bonds is 6. The van der Waals surface area contributed by atoms with Gasteiger partial charge in [-0.1, -0.05) is 20.8 Å². The van der Waals surface area contributed by atoms with Crippen molar-refractivity contribution in [2.45, 2.75) is 47.0 Å². The van der Waals surface area contributed by atoms with E-state index in [1.807, 2.05) is 13.8 Å². The van der Waals surface area contributed by atoms with Gasteiger partial charge in [0.1, 0.15) is 11.2 Å². The fourth-order valence-corrected chi connectivity index (χ4v) is 1.65. The molecule has 0 bridgehead atoms. The lowest BCUT2D eigenvalue weighted by Gasteiger charge is -2.26. The van der Waals surface area contributed by atoms with E-state index in [2.05, 4.69) is 0 Å². The molecule has 0 aliphatic carbocycles. The van der Waals surface area contributed by atoms with E-state index in [1.165, 1.54) is 0 Å². The van der Waals surface area contributed by atoms with Crippen molar-refractivity contribution in [1.82, 2.24) is 0 Å². The van der Waals surface area contributed by atoms with Gasteiger partial charge >= 0.3 is 5.97 Å². The lowest BCUT2D eigenvalue weighted by molar-refractivity contribution is -0.160. The Bertz CT molecular complexity index is 205. The first kappa shape index (κ1) is 13.1. The fourth-order valence-electron chi connectivity index (χ4n) is 1.65. The van der Waals surface area contributed by atoms with Crippen LogP contribution in [0.3, 0.4) is 0 Å². The van der Waals surface area contributed by atoms with Gasteiger partial charge in [-0.2, -0.15) is 0 Å². The summed E-state index contributed by atoms with van der Waals surface area (Å²) in [6.07, 6.45) is 1.44. The first-order valence-electron chi connectivity index (χ1n) is 5.29. The number of Topliss-reactive ketones (excluding diaryl/α,β-unsaturated/α-hetero) is 1. The molecular formula is C11H20O3. The molecule has 0 rings (SSSR count). The van der Waals surface area contributed by atoms with E-state index in [-0.39, 0.29) is 11.8 Å². The number of ketones is 1. The largest absolute Gasteiger partial charge is 0.465 e. The maximum atomic E-state index is 11.7. The molecule has 0 saturated carbocycles. The number of carbonyl (C=O) groups excluding carboxylic acids is 2. The lowest BCUT2D eigenvalue weighted by atomic mass is 9.77. The van der Waals surface area contributed by atoms with E-state index < -0.39 is 5.41 Å². The number of carbonyl (C=O) groups is 2. The van der Waals surface area contributed by atoms with Crippen LogP contribution in [-0.2, 0) is 14.3 Å². The third kappa shape index (κ3) is 2.34. The van der Waals surface area contributed by atoms with Crippen LogP contribution in [-0.4, -0.2) is 18.4 Å². The second-order valence-corrected chi connectivity index (χ2v) is 3.29. The molecule has 0 aliphatic rings. The molecule has 0 radical (unpaired) electrons. The molecule has 0 saturated heterocycles. The van der Waals surface area contributed by atoms with Crippen molar-refractivity contribution in [3.63, 3.8) is 0 Å². The maximum Gasteiger partial charge on any atom is 0.319 e. The SMILES string of the molecule is CCOC(=O)C(CC)(CC)C(=O)CC. The Morgan fingerprint density at radius 3 is 1.86 bits per heavy atom. The highest BCUT2D eigenvalue weighted by Gasteiger charge is 2.42. The Hall–Kier alpha value is -0.860. The first-order chi connectivity index (χ1) is 6.58. The molecule has 0 atom stereocenters. The summed E-state index contributed by atoms with van der Waals surface area (Å²) in [6, 6.07) is 0. The molecule has 0 fully saturated rings. The first-order valence-corrected chi connectivity index (χ1v) is 5.29. The summed E-state index contributed by atoms with van der Waals surface area (Å²) >= 11 is 0. The molecule has 82 valence electrons. The average Bonchev–Trinajstić information content (AvgIpc) is 2.20. The van der Waals surface area contributed by atoms with Crippen LogP contribution < -0.4 is 0 Å². The van der Waals surface area contributed by atoms with E-state index in [4.69, 9.17) is 4.74 Å². The Morgan fingerprint density at radius 1 is 1.07 bits per heavy atom. The summed E-state index contributed by atoms with van der Waals surface area (Å²) in [5.41, 5.74) is -0.898. The molecule has 0 heterocycles. The third-order valence-corrected chi connectivity index (χ3v) is 2.73. The van der Waals surface area contributed by atoms with Gasteiger partial charge in [-0.25, -0.2) is 0 Å². The van der Waals surface area contributed by atoms with Crippen LogP contribution in [0.2, 0.25) is 0 Å². The summed E-state index contributed by atoms with van der Waals surface area (Å²) in [5.74, 6) is -0.377. The van der Waals surface area contributed by atoms with Gasteiger partial charge in [-0.3, -0.25) is 9.59 Å². The van der Waals surface area contributed by atoms with Crippen molar-refractivity contribution in [2.24, 2.45) is 5.41 Å². The molecule has 0 aromatic heterocycles. The van der Waals surface area contributed by atoms with E-state index in [0.29, 0.717) is 25.9 Å². The average molecular weight is 200 g/mol. The Labute approximate surface area is 85.8 Å².